The van der Waals surface area contributed by atoms with Crippen molar-refractivity contribution in [1.29, 1.82) is 0 Å². The Labute approximate surface area is 215 Å². The Kier molecular flexibility index (Phi) is 11.4. The molecule has 0 saturated carbocycles. The first kappa shape index (κ1) is 30.9. The number of hydrogen-bond acceptors (Lipinski definition) is 5. The molecule has 1 rings (SSSR count). The monoisotopic (exact) mass is 504 g/mol. The number of benzene rings is 1. The molecule has 0 radical (unpaired) electrons. The van der Waals surface area contributed by atoms with Crippen LogP contribution in [0.5, 0.6) is 0 Å². The lowest BCUT2D eigenvalue weighted by molar-refractivity contribution is -0.145. The van der Waals surface area contributed by atoms with E-state index in [0.29, 0.717) is 12.0 Å². The maximum atomic E-state index is 14.1. The third kappa shape index (κ3) is 9.51. The van der Waals surface area contributed by atoms with E-state index in [0.717, 1.165) is 11.1 Å². The Morgan fingerprint density at radius 3 is 2.14 bits per heavy atom. The highest BCUT2D eigenvalue weighted by Gasteiger charge is 2.39. The molecule has 0 saturated heterocycles. The van der Waals surface area contributed by atoms with Crippen molar-refractivity contribution in [1.82, 2.24) is 15.5 Å². The molecule has 0 aromatic heterocycles. The normalized spacial score (nSPS) is 13.9. The quantitative estimate of drug-likeness (QED) is 0.423. The van der Waals surface area contributed by atoms with Crippen molar-refractivity contribution in [2.75, 3.05) is 0 Å². The predicted molar refractivity (Wildman–Crippen MR) is 140 cm³/mol. The topological polar surface area (TPSA) is 131 Å². The Bertz CT molecular complexity index is 939. The molecular formula is C27H44N4O5. The highest BCUT2D eigenvalue weighted by atomic mass is 16.6. The molecule has 4 amide bonds. The average molecular weight is 505 g/mol. The number of alkyl carbamates (subject to hydrolysis) is 1. The molecule has 0 fully saturated rings. The van der Waals surface area contributed by atoms with E-state index in [2.05, 4.69) is 10.6 Å². The molecule has 9 heteroatoms. The molecule has 3 unspecified atom stereocenters. The molecule has 0 aliphatic rings. The number of hydrogen-bond donors (Lipinski definition) is 3. The second-order valence-electron chi connectivity index (χ2n) is 10.6. The number of nitrogens with two attached hydrogens (primary N) is 1. The van der Waals surface area contributed by atoms with E-state index in [1.54, 1.807) is 20.8 Å². The van der Waals surface area contributed by atoms with Gasteiger partial charge in [0.05, 0.1) is 0 Å². The minimum atomic E-state index is -1.11. The van der Waals surface area contributed by atoms with Crippen LogP contribution in [-0.4, -0.2) is 52.4 Å². The SMILES string of the molecule is CCC(C)N(C(=O)C(CCC(N)=O)NC(=O)OC(C)(C)C)C(C(=O)NC(C)C)c1ccc(C)cc1C. The zero-order valence-corrected chi connectivity index (χ0v) is 23.2. The molecule has 0 aliphatic heterocycles. The zero-order chi connectivity index (χ0) is 27.8. The second-order valence-corrected chi connectivity index (χ2v) is 10.6. The Hall–Kier alpha value is -3.10. The molecule has 36 heavy (non-hydrogen) atoms. The van der Waals surface area contributed by atoms with Crippen LogP contribution in [0.2, 0.25) is 0 Å². The number of carbonyl (C=O) groups excluding carboxylic acids is 4. The molecule has 1 aromatic carbocycles. The van der Waals surface area contributed by atoms with Gasteiger partial charge in [-0.1, -0.05) is 30.7 Å². The first-order valence-corrected chi connectivity index (χ1v) is 12.5. The van der Waals surface area contributed by atoms with Gasteiger partial charge in [-0.3, -0.25) is 14.4 Å². The summed E-state index contributed by atoms with van der Waals surface area (Å²) >= 11 is 0. The minimum Gasteiger partial charge on any atom is -0.444 e. The van der Waals surface area contributed by atoms with Crippen LogP contribution in [0.1, 0.15) is 90.5 Å². The standard InChI is InChI=1S/C27H44N4O5/c1-10-19(6)31(23(24(33)29-16(2)3)20-12-11-17(4)15-18(20)5)25(34)21(13-14-22(28)32)30-26(35)36-27(7,8)9/h11-12,15-16,19,21,23H,10,13-14H2,1-9H3,(H2,28,32)(H,29,33)(H,30,35). The fraction of sp³-hybridized carbons (Fsp3) is 0.630. The number of rotatable bonds is 11. The minimum absolute atomic E-state index is 0.0221. The van der Waals surface area contributed by atoms with E-state index in [9.17, 15) is 19.2 Å². The van der Waals surface area contributed by atoms with Crippen LogP contribution in [0.4, 0.5) is 4.79 Å². The Morgan fingerprint density at radius 1 is 1.06 bits per heavy atom. The van der Waals surface area contributed by atoms with E-state index in [1.807, 2.05) is 59.7 Å². The van der Waals surface area contributed by atoms with Gasteiger partial charge >= 0.3 is 6.09 Å². The summed E-state index contributed by atoms with van der Waals surface area (Å²) in [5.41, 5.74) is 7.17. The summed E-state index contributed by atoms with van der Waals surface area (Å²) in [5, 5.41) is 5.55. The highest BCUT2D eigenvalue weighted by Crippen LogP contribution is 2.29. The third-order valence-corrected chi connectivity index (χ3v) is 5.67. The lowest BCUT2D eigenvalue weighted by atomic mass is 9.94. The zero-order valence-electron chi connectivity index (χ0n) is 23.2. The molecule has 0 aliphatic carbocycles. The van der Waals surface area contributed by atoms with E-state index < -0.39 is 35.6 Å². The molecule has 9 nitrogen and oxygen atoms in total. The van der Waals surface area contributed by atoms with Gasteiger partial charge in [0.1, 0.15) is 17.7 Å². The van der Waals surface area contributed by atoms with Gasteiger partial charge < -0.3 is 26.0 Å². The largest absolute Gasteiger partial charge is 0.444 e. The maximum Gasteiger partial charge on any atom is 0.408 e. The van der Waals surface area contributed by atoms with Gasteiger partial charge in [-0.2, -0.15) is 0 Å². The van der Waals surface area contributed by atoms with Crippen LogP contribution in [-0.2, 0) is 19.1 Å². The van der Waals surface area contributed by atoms with Crippen molar-refractivity contribution in [3.8, 4) is 0 Å². The summed E-state index contributed by atoms with van der Waals surface area (Å²) in [4.78, 5) is 53.3. The Morgan fingerprint density at radius 2 is 1.67 bits per heavy atom. The molecule has 0 spiro atoms. The molecule has 1 aromatic rings. The van der Waals surface area contributed by atoms with Crippen molar-refractivity contribution in [2.24, 2.45) is 5.73 Å². The molecular weight excluding hydrogens is 460 g/mol. The van der Waals surface area contributed by atoms with Gasteiger partial charge in [0.25, 0.3) is 0 Å². The molecule has 0 heterocycles. The van der Waals surface area contributed by atoms with Crippen LogP contribution in [0, 0.1) is 13.8 Å². The number of nitrogens with zero attached hydrogens (tertiary/aromatic N) is 1. The second kappa shape index (κ2) is 13.3. The summed E-state index contributed by atoms with van der Waals surface area (Å²) in [7, 11) is 0. The average Bonchev–Trinajstić information content (AvgIpc) is 2.72. The molecule has 4 N–H and O–H groups in total. The van der Waals surface area contributed by atoms with E-state index in [1.165, 1.54) is 4.90 Å². The number of aryl methyl sites for hydroxylation is 2. The van der Waals surface area contributed by atoms with Gasteiger partial charge in [-0.25, -0.2) is 4.79 Å². The number of amides is 4. The maximum absolute atomic E-state index is 14.1. The fourth-order valence-corrected chi connectivity index (χ4v) is 3.88. The van der Waals surface area contributed by atoms with Gasteiger partial charge in [-0.15, -0.1) is 0 Å². The van der Waals surface area contributed by atoms with Crippen LogP contribution in [0.15, 0.2) is 18.2 Å². The number of primary amides is 1. The van der Waals surface area contributed by atoms with Crippen molar-refractivity contribution in [3.05, 3.63) is 34.9 Å². The van der Waals surface area contributed by atoms with Crippen molar-refractivity contribution in [3.63, 3.8) is 0 Å². The van der Waals surface area contributed by atoms with E-state index in [4.69, 9.17) is 10.5 Å². The van der Waals surface area contributed by atoms with Gasteiger partial charge in [-0.05, 0) is 79.4 Å². The Balaban J connectivity index is 3.60. The molecule has 0 bridgehead atoms. The number of carbonyl (C=O) groups is 4. The van der Waals surface area contributed by atoms with Crippen LogP contribution in [0.25, 0.3) is 0 Å². The van der Waals surface area contributed by atoms with Gasteiger partial charge in [0.2, 0.25) is 17.7 Å². The van der Waals surface area contributed by atoms with E-state index >= 15 is 0 Å². The summed E-state index contributed by atoms with van der Waals surface area (Å²) in [6.45, 7) is 16.5. The lowest BCUT2D eigenvalue weighted by Gasteiger charge is -2.39. The highest BCUT2D eigenvalue weighted by molar-refractivity contribution is 5.93. The van der Waals surface area contributed by atoms with Crippen LogP contribution < -0.4 is 16.4 Å². The smallest absolute Gasteiger partial charge is 0.408 e. The van der Waals surface area contributed by atoms with Crippen LogP contribution in [0.3, 0.4) is 0 Å². The number of nitrogens with one attached hydrogen (secondary N) is 2. The van der Waals surface area contributed by atoms with Gasteiger partial charge in [0.15, 0.2) is 0 Å². The third-order valence-electron chi connectivity index (χ3n) is 5.67. The van der Waals surface area contributed by atoms with E-state index in [-0.39, 0.29) is 30.8 Å². The first-order chi connectivity index (χ1) is 16.6. The molecule has 3 atom stereocenters. The van der Waals surface area contributed by atoms with Crippen molar-refractivity contribution < 1.29 is 23.9 Å². The summed E-state index contributed by atoms with van der Waals surface area (Å²) < 4.78 is 5.35. The fourth-order valence-electron chi connectivity index (χ4n) is 3.88. The van der Waals surface area contributed by atoms with Crippen LogP contribution >= 0.6 is 0 Å². The summed E-state index contributed by atoms with van der Waals surface area (Å²) in [5.74, 6) is -1.41. The predicted octanol–water partition coefficient (Wildman–Crippen LogP) is 3.66. The first-order valence-electron chi connectivity index (χ1n) is 12.5. The number of ether oxygens (including phenoxy) is 1. The van der Waals surface area contributed by atoms with Crippen molar-refractivity contribution in [2.45, 2.75) is 111 Å². The lowest BCUT2D eigenvalue weighted by Crippen LogP contribution is -2.56. The summed E-state index contributed by atoms with van der Waals surface area (Å²) in [6.07, 6.45) is -0.361. The van der Waals surface area contributed by atoms with Crippen molar-refractivity contribution >= 4 is 23.8 Å². The summed E-state index contributed by atoms with van der Waals surface area (Å²) in [6, 6.07) is 3.18. The van der Waals surface area contributed by atoms with Gasteiger partial charge in [0, 0.05) is 18.5 Å². The molecule has 202 valence electrons.